The fourth-order valence-electron chi connectivity index (χ4n) is 4.18. The van der Waals surface area contributed by atoms with Crippen molar-refractivity contribution in [3.8, 4) is 0 Å². The summed E-state index contributed by atoms with van der Waals surface area (Å²) in [6.07, 6.45) is 4.12. The summed E-state index contributed by atoms with van der Waals surface area (Å²) in [5.74, 6) is 0.277. The topological polar surface area (TPSA) is 62.9 Å². The monoisotopic (exact) mass is 490 g/mol. The fraction of sp³-hybridized carbons (Fsp3) is 0.650. The quantitative estimate of drug-likeness (QED) is 0.366. The van der Waals surface area contributed by atoms with E-state index in [2.05, 4.69) is 22.1 Å². The van der Waals surface area contributed by atoms with Gasteiger partial charge in [0.15, 0.2) is 5.96 Å². The lowest BCUT2D eigenvalue weighted by molar-refractivity contribution is 0.0530. The Morgan fingerprint density at radius 1 is 1.41 bits per heavy atom. The van der Waals surface area contributed by atoms with E-state index in [1.807, 2.05) is 6.07 Å². The number of ether oxygens (including phenoxy) is 1. The molecule has 5 nitrogen and oxygen atoms in total. The number of benzene rings is 1. The van der Waals surface area contributed by atoms with Crippen molar-refractivity contribution >= 4 is 29.9 Å². The molecule has 7 heteroatoms. The van der Waals surface area contributed by atoms with Gasteiger partial charge in [-0.05, 0) is 56.5 Å². The van der Waals surface area contributed by atoms with Crippen LogP contribution in [0, 0.1) is 5.82 Å². The van der Waals surface area contributed by atoms with Gasteiger partial charge in [0, 0.05) is 31.2 Å². The molecule has 0 aromatic heterocycles. The molecule has 2 fully saturated rings. The first-order valence-corrected chi connectivity index (χ1v) is 9.74. The molecule has 27 heavy (non-hydrogen) atoms. The van der Waals surface area contributed by atoms with Crippen LogP contribution in [0.5, 0.6) is 0 Å². The van der Waals surface area contributed by atoms with Crippen LogP contribution in [-0.4, -0.2) is 56.3 Å². The van der Waals surface area contributed by atoms with Gasteiger partial charge in [-0.15, -0.1) is 24.0 Å². The number of halogens is 2. The van der Waals surface area contributed by atoms with Gasteiger partial charge in [-0.2, -0.15) is 0 Å². The number of aliphatic imine (C=N–C) groups is 1. The van der Waals surface area contributed by atoms with Gasteiger partial charge in [0.1, 0.15) is 5.82 Å². The number of guanidine groups is 1. The molecule has 1 atom stereocenters. The van der Waals surface area contributed by atoms with Crippen molar-refractivity contribution in [1.82, 2.24) is 10.2 Å². The van der Waals surface area contributed by atoms with E-state index >= 15 is 0 Å². The van der Waals surface area contributed by atoms with Gasteiger partial charge in [0.05, 0.1) is 6.54 Å². The van der Waals surface area contributed by atoms with E-state index in [0.717, 1.165) is 31.5 Å². The van der Waals surface area contributed by atoms with Crippen molar-refractivity contribution in [1.29, 1.82) is 0 Å². The number of hydrogen-bond donors (Lipinski definition) is 2. The normalized spacial score (nSPS) is 23.0. The molecule has 0 spiro atoms. The highest BCUT2D eigenvalue weighted by Crippen LogP contribution is 2.35. The first kappa shape index (κ1) is 22.4. The fourth-order valence-corrected chi connectivity index (χ4v) is 4.18. The van der Waals surface area contributed by atoms with Gasteiger partial charge >= 0.3 is 0 Å². The second-order valence-corrected chi connectivity index (χ2v) is 7.41. The lowest BCUT2D eigenvalue weighted by atomic mass is 9.74. The average molecular weight is 490 g/mol. The van der Waals surface area contributed by atoms with E-state index < -0.39 is 0 Å². The highest BCUT2D eigenvalue weighted by Gasteiger charge is 2.34. The molecule has 3 N–H and O–H groups in total. The van der Waals surface area contributed by atoms with Crippen LogP contribution < -0.4 is 11.1 Å². The van der Waals surface area contributed by atoms with Crippen LogP contribution in [0.1, 0.15) is 38.2 Å². The number of nitrogens with one attached hydrogen (secondary N) is 1. The van der Waals surface area contributed by atoms with Crippen molar-refractivity contribution in [3.05, 3.63) is 35.6 Å². The third-order valence-corrected chi connectivity index (χ3v) is 5.86. The molecule has 2 aliphatic heterocycles. The largest absolute Gasteiger partial charge is 0.381 e. The molecule has 2 heterocycles. The second kappa shape index (κ2) is 10.6. The molecule has 0 radical (unpaired) electrons. The maximum atomic E-state index is 13.7. The first-order valence-electron chi connectivity index (χ1n) is 9.74. The Balaban J connectivity index is 0.00000261. The van der Waals surface area contributed by atoms with Crippen LogP contribution >= 0.6 is 24.0 Å². The molecule has 1 aromatic carbocycles. The minimum atomic E-state index is -0.204. The Morgan fingerprint density at radius 2 is 2.19 bits per heavy atom. The standard InChI is InChI=1S/C20H31FN4O.HI/c1-2-25-10-4-7-18(25)14-23-19(22)24-15-20(8-11-26-12-9-20)16-5-3-6-17(21)13-16;/h3,5-6,13,18H,2,4,7-12,14-15H2,1H3,(H3,22,23,24);1H. The summed E-state index contributed by atoms with van der Waals surface area (Å²) < 4.78 is 19.3. The molecule has 0 aliphatic carbocycles. The zero-order chi connectivity index (χ0) is 18.4. The van der Waals surface area contributed by atoms with Gasteiger partial charge < -0.3 is 15.8 Å². The summed E-state index contributed by atoms with van der Waals surface area (Å²) in [6.45, 7) is 7.18. The predicted octanol–water partition coefficient (Wildman–Crippen LogP) is 2.88. The van der Waals surface area contributed by atoms with Crippen LogP contribution in [0.4, 0.5) is 4.39 Å². The van der Waals surface area contributed by atoms with Crippen LogP contribution in [0.15, 0.2) is 29.3 Å². The summed E-state index contributed by atoms with van der Waals surface area (Å²) in [4.78, 5) is 7.10. The summed E-state index contributed by atoms with van der Waals surface area (Å²) in [7, 11) is 0. The molecule has 0 bridgehead atoms. The number of hydrogen-bond acceptors (Lipinski definition) is 3. The van der Waals surface area contributed by atoms with Gasteiger partial charge in [-0.1, -0.05) is 19.1 Å². The Hall–Kier alpha value is -0.930. The van der Waals surface area contributed by atoms with Crippen molar-refractivity contribution in [2.45, 2.75) is 44.1 Å². The Morgan fingerprint density at radius 3 is 2.89 bits per heavy atom. The molecule has 2 aliphatic rings. The van der Waals surface area contributed by atoms with E-state index in [1.54, 1.807) is 12.1 Å². The predicted molar refractivity (Wildman–Crippen MR) is 118 cm³/mol. The molecule has 0 amide bonds. The summed E-state index contributed by atoms with van der Waals surface area (Å²) in [5.41, 5.74) is 6.93. The van der Waals surface area contributed by atoms with Crippen LogP contribution in [0.25, 0.3) is 0 Å². The minimum absolute atomic E-state index is 0. The molecule has 3 rings (SSSR count). The van der Waals surface area contributed by atoms with E-state index in [1.165, 1.54) is 25.5 Å². The number of likely N-dealkylation sites (tertiary alicyclic amines) is 1. The van der Waals surface area contributed by atoms with Crippen molar-refractivity contribution in [3.63, 3.8) is 0 Å². The summed E-state index contributed by atoms with van der Waals surface area (Å²) in [6, 6.07) is 7.41. The second-order valence-electron chi connectivity index (χ2n) is 7.41. The van der Waals surface area contributed by atoms with Gasteiger partial charge in [0.25, 0.3) is 0 Å². The van der Waals surface area contributed by atoms with Crippen molar-refractivity contribution < 1.29 is 9.13 Å². The maximum absolute atomic E-state index is 13.7. The zero-order valence-corrected chi connectivity index (χ0v) is 18.5. The van der Waals surface area contributed by atoms with Crippen LogP contribution in [0.2, 0.25) is 0 Å². The van der Waals surface area contributed by atoms with Crippen LogP contribution in [-0.2, 0) is 10.2 Å². The number of likely N-dealkylation sites (N-methyl/N-ethyl adjacent to an activating group) is 1. The smallest absolute Gasteiger partial charge is 0.188 e. The maximum Gasteiger partial charge on any atom is 0.188 e. The molecule has 1 unspecified atom stereocenters. The summed E-state index contributed by atoms with van der Waals surface area (Å²) >= 11 is 0. The summed E-state index contributed by atoms with van der Waals surface area (Å²) in [5, 5.41) is 3.29. The molecular formula is C20H32FIN4O. The van der Waals surface area contributed by atoms with Crippen LogP contribution in [0.3, 0.4) is 0 Å². The van der Waals surface area contributed by atoms with E-state index in [4.69, 9.17) is 10.5 Å². The number of nitrogens with zero attached hydrogens (tertiary/aromatic N) is 2. The molecule has 2 saturated heterocycles. The van der Waals surface area contributed by atoms with E-state index in [0.29, 0.717) is 31.8 Å². The lowest BCUT2D eigenvalue weighted by Crippen LogP contribution is -2.44. The average Bonchev–Trinajstić information content (AvgIpc) is 3.13. The minimum Gasteiger partial charge on any atom is -0.381 e. The van der Waals surface area contributed by atoms with Crippen molar-refractivity contribution in [2.24, 2.45) is 10.7 Å². The van der Waals surface area contributed by atoms with Crippen molar-refractivity contribution in [2.75, 3.05) is 39.4 Å². The molecule has 0 saturated carbocycles. The zero-order valence-electron chi connectivity index (χ0n) is 16.1. The Kier molecular flexibility index (Phi) is 8.75. The van der Waals surface area contributed by atoms with Gasteiger partial charge in [0.2, 0.25) is 0 Å². The molecule has 1 aromatic rings. The Bertz CT molecular complexity index is 622. The first-order chi connectivity index (χ1) is 12.6. The Labute approximate surface area is 178 Å². The third-order valence-electron chi connectivity index (χ3n) is 5.86. The highest BCUT2D eigenvalue weighted by molar-refractivity contribution is 14.0. The SMILES string of the molecule is CCN1CCCC1CNC(N)=NCC1(c2cccc(F)c2)CCOCC1.I. The lowest BCUT2D eigenvalue weighted by Gasteiger charge is -2.36. The van der Waals surface area contributed by atoms with E-state index in [9.17, 15) is 4.39 Å². The van der Waals surface area contributed by atoms with Gasteiger partial charge in [-0.25, -0.2) is 4.39 Å². The third kappa shape index (κ3) is 5.77. The number of nitrogens with two attached hydrogens (primary N) is 1. The highest BCUT2D eigenvalue weighted by atomic mass is 127. The molecular weight excluding hydrogens is 458 g/mol. The molecule has 152 valence electrons. The van der Waals surface area contributed by atoms with E-state index in [-0.39, 0.29) is 35.2 Å². The van der Waals surface area contributed by atoms with Gasteiger partial charge in [-0.3, -0.25) is 9.89 Å². The number of rotatable bonds is 6.